The second-order valence-corrected chi connectivity index (χ2v) is 5.05. The van der Waals surface area contributed by atoms with Crippen molar-refractivity contribution in [3.63, 3.8) is 0 Å². The number of nitrogens with zero attached hydrogens (tertiary/aromatic N) is 2. The Morgan fingerprint density at radius 3 is 2.30 bits per heavy atom. The minimum absolute atomic E-state index is 0.0590. The Bertz CT molecular complexity index is 794. The second-order valence-electron chi connectivity index (χ2n) is 4.64. The van der Waals surface area contributed by atoms with Gasteiger partial charge in [0.15, 0.2) is 5.11 Å². The summed E-state index contributed by atoms with van der Waals surface area (Å²) in [6, 6.07) is 10.2. The van der Waals surface area contributed by atoms with E-state index >= 15 is 0 Å². The number of hydrogen-bond acceptors (Lipinski definition) is 5. The molecule has 2 aromatic carbocycles. The summed E-state index contributed by atoms with van der Waals surface area (Å²) in [4.78, 5) is 20.5. The molecule has 0 fully saturated rings. The number of thiocarbonyl (C=S) groups is 1. The quantitative estimate of drug-likeness (QED) is 0.500. The summed E-state index contributed by atoms with van der Waals surface area (Å²) >= 11 is 5.13. The molecule has 0 bridgehead atoms. The third-order valence-corrected chi connectivity index (χ3v) is 3.20. The minimum atomic E-state index is -0.508. The second kappa shape index (κ2) is 6.79. The molecule has 0 aliphatic heterocycles. The molecule has 0 aliphatic rings. The van der Waals surface area contributed by atoms with E-state index in [9.17, 15) is 20.2 Å². The fraction of sp³-hybridized carbons (Fsp3) is 0.0714. The van der Waals surface area contributed by atoms with Gasteiger partial charge in [0, 0.05) is 35.6 Å². The van der Waals surface area contributed by atoms with Crippen LogP contribution in [0.4, 0.5) is 22.7 Å². The number of hydrogen-bond donors (Lipinski definition) is 2. The van der Waals surface area contributed by atoms with Crippen molar-refractivity contribution in [3.8, 4) is 0 Å². The molecule has 0 aromatic heterocycles. The topological polar surface area (TPSA) is 110 Å². The van der Waals surface area contributed by atoms with Gasteiger partial charge < -0.3 is 10.6 Å². The van der Waals surface area contributed by atoms with Crippen LogP contribution in [0.25, 0.3) is 0 Å². The van der Waals surface area contributed by atoms with Gasteiger partial charge >= 0.3 is 0 Å². The summed E-state index contributed by atoms with van der Waals surface area (Å²) < 4.78 is 0. The highest BCUT2D eigenvalue weighted by Gasteiger charge is 2.11. The van der Waals surface area contributed by atoms with Crippen molar-refractivity contribution in [1.82, 2.24) is 0 Å². The van der Waals surface area contributed by atoms with Crippen molar-refractivity contribution >= 4 is 40.1 Å². The van der Waals surface area contributed by atoms with Gasteiger partial charge in [0.25, 0.3) is 11.4 Å². The van der Waals surface area contributed by atoms with Crippen molar-refractivity contribution in [2.75, 3.05) is 10.6 Å². The lowest BCUT2D eigenvalue weighted by Crippen LogP contribution is -2.19. The maximum atomic E-state index is 10.8. The fourth-order valence-electron chi connectivity index (χ4n) is 1.84. The highest BCUT2D eigenvalue weighted by molar-refractivity contribution is 7.80. The number of nitrogens with one attached hydrogen (secondary N) is 2. The number of rotatable bonds is 4. The molecule has 2 aromatic rings. The van der Waals surface area contributed by atoms with E-state index in [0.717, 1.165) is 5.56 Å². The number of nitro groups is 2. The number of anilines is 2. The smallest absolute Gasteiger partial charge is 0.271 e. The first-order valence-corrected chi connectivity index (χ1v) is 6.85. The lowest BCUT2D eigenvalue weighted by Gasteiger charge is -2.12. The molecule has 118 valence electrons. The van der Waals surface area contributed by atoms with E-state index in [1.807, 2.05) is 0 Å². The molecule has 8 nitrogen and oxygen atoms in total. The monoisotopic (exact) mass is 332 g/mol. The average molecular weight is 332 g/mol. The van der Waals surface area contributed by atoms with E-state index in [1.54, 1.807) is 19.1 Å². The van der Waals surface area contributed by atoms with Gasteiger partial charge in [-0.05, 0) is 30.8 Å². The molecule has 0 atom stereocenters. The zero-order valence-corrected chi connectivity index (χ0v) is 12.8. The van der Waals surface area contributed by atoms with E-state index < -0.39 is 9.85 Å². The number of benzene rings is 2. The van der Waals surface area contributed by atoms with E-state index in [4.69, 9.17) is 12.2 Å². The van der Waals surface area contributed by atoms with Crippen molar-refractivity contribution in [2.24, 2.45) is 0 Å². The van der Waals surface area contributed by atoms with Crippen LogP contribution in [0.1, 0.15) is 5.56 Å². The average Bonchev–Trinajstić information content (AvgIpc) is 2.49. The molecule has 0 saturated carbocycles. The third kappa shape index (κ3) is 4.20. The predicted molar refractivity (Wildman–Crippen MR) is 90.8 cm³/mol. The zero-order chi connectivity index (χ0) is 17.0. The van der Waals surface area contributed by atoms with Crippen LogP contribution in [0.2, 0.25) is 0 Å². The standard InChI is InChI=1S/C14H12N4O4S/c1-9-5-6-12(18(21)22)8-13(9)16-14(23)15-10-3-2-4-11(7-10)17(19)20/h2-8H,1H3,(H2,15,16,23). The van der Waals surface area contributed by atoms with Gasteiger partial charge in [0.1, 0.15) is 0 Å². The van der Waals surface area contributed by atoms with Crippen LogP contribution >= 0.6 is 12.2 Å². The predicted octanol–water partition coefficient (Wildman–Crippen LogP) is 3.62. The number of nitro benzene ring substituents is 2. The van der Waals surface area contributed by atoms with Crippen molar-refractivity contribution in [2.45, 2.75) is 6.92 Å². The van der Waals surface area contributed by atoms with E-state index in [-0.39, 0.29) is 16.5 Å². The molecule has 2 N–H and O–H groups in total. The van der Waals surface area contributed by atoms with Gasteiger partial charge in [0.2, 0.25) is 0 Å². The van der Waals surface area contributed by atoms with Crippen LogP contribution in [-0.2, 0) is 0 Å². The first kappa shape index (κ1) is 16.3. The van der Waals surface area contributed by atoms with Crippen molar-refractivity contribution < 1.29 is 9.85 Å². The molecule has 0 heterocycles. The Balaban J connectivity index is 2.14. The van der Waals surface area contributed by atoms with Gasteiger partial charge in [-0.25, -0.2) is 0 Å². The maximum absolute atomic E-state index is 10.8. The van der Waals surface area contributed by atoms with Gasteiger partial charge in [-0.2, -0.15) is 0 Å². The molecule has 0 unspecified atom stereocenters. The molecule has 0 amide bonds. The Kier molecular flexibility index (Phi) is 4.82. The Morgan fingerprint density at radius 1 is 1.00 bits per heavy atom. The molecule has 0 radical (unpaired) electrons. The minimum Gasteiger partial charge on any atom is -0.332 e. The fourth-order valence-corrected chi connectivity index (χ4v) is 2.07. The Labute approximate surface area is 136 Å². The van der Waals surface area contributed by atoms with E-state index in [0.29, 0.717) is 11.4 Å². The van der Waals surface area contributed by atoms with Crippen LogP contribution in [0.15, 0.2) is 42.5 Å². The van der Waals surface area contributed by atoms with Gasteiger partial charge in [-0.15, -0.1) is 0 Å². The van der Waals surface area contributed by atoms with Gasteiger partial charge in [-0.1, -0.05) is 12.1 Å². The highest BCUT2D eigenvalue weighted by atomic mass is 32.1. The summed E-state index contributed by atoms with van der Waals surface area (Å²) in [5.41, 5.74) is 1.58. The van der Waals surface area contributed by atoms with Crippen LogP contribution in [0.3, 0.4) is 0 Å². The lowest BCUT2D eigenvalue weighted by atomic mass is 10.2. The van der Waals surface area contributed by atoms with Crippen LogP contribution in [0.5, 0.6) is 0 Å². The van der Waals surface area contributed by atoms with Crippen molar-refractivity contribution in [1.29, 1.82) is 0 Å². The summed E-state index contributed by atoms with van der Waals surface area (Å²) in [5, 5.41) is 27.4. The Morgan fingerprint density at radius 2 is 1.65 bits per heavy atom. The molecular formula is C14H12N4O4S. The largest absolute Gasteiger partial charge is 0.332 e. The number of aryl methyl sites for hydroxylation is 1. The summed E-state index contributed by atoms with van der Waals surface area (Å²) in [6.45, 7) is 1.78. The van der Waals surface area contributed by atoms with Crippen molar-refractivity contribution in [3.05, 3.63) is 68.3 Å². The maximum Gasteiger partial charge on any atom is 0.271 e. The number of non-ortho nitro benzene ring substituents is 2. The third-order valence-electron chi connectivity index (χ3n) is 3.00. The molecular weight excluding hydrogens is 320 g/mol. The first-order valence-electron chi connectivity index (χ1n) is 6.44. The lowest BCUT2D eigenvalue weighted by molar-refractivity contribution is -0.385. The molecule has 0 saturated heterocycles. The van der Waals surface area contributed by atoms with Crippen LogP contribution in [-0.4, -0.2) is 15.0 Å². The molecule has 9 heteroatoms. The molecule has 2 rings (SSSR count). The highest BCUT2D eigenvalue weighted by Crippen LogP contribution is 2.22. The molecule has 23 heavy (non-hydrogen) atoms. The van der Waals surface area contributed by atoms with E-state index in [2.05, 4.69) is 10.6 Å². The normalized spacial score (nSPS) is 9.96. The van der Waals surface area contributed by atoms with Crippen LogP contribution in [0, 0.1) is 27.2 Å². The van der Waals surface area contributed by atoms with Gasteiger partial charge in [0.05, 0.1) is 9.85 Å². The zero-order valence-electron chi connectivity index (χ0n) is 12.0. The van der Waals surface area contributed by atoms with Gasteiger partial charge in [-0.3, -0.25) is 20.2 Å². The summed E-state index contributed by atoms with van der Waals surface area (Å²) in [7, 11) is 0. The summed E-state index contributed by atoms with van der Waals surface area (Å²) in [6.07, 6.45) is 0. The molecule has 0 aliphatic carbocycles. The molecule has 0 spiro atoms. The Hall–Kier alpha value is -3.07. The van der Waals surface area contributed by atoms with E-state index in [1.165, 1.54) is 30.3 Å². The summed E-state index contributed by atoms with van der Waals surface area (Å²) in [5.74, 6) is 0. The van der Waals surface area contributed by atoms with Crippen LogP contribution < -0.4 is 10.6 Å². The SMILES string of the molecule is Cc1ccc([N+](=O)[O-])cc1NC(=S)Nc1cccc([N+](=O)[O-])c1. The first-order chi connectivity index (χ1) is 10.9.